The van der Waals surface area contributed by atoms with E-state index in [-0.39, 0.29) is 17.3 Å². The molecule has 0 bridgehead atoms. The minimum Gasteiger partial charge on any atom is -0.314 e. The highest BCUT2D eigenvalue weighted by atomic mass is 16.2. The van der Waals surface area contributed by atoms with Crippen LogP contribution in [0.3, 0.4) is 0 Å². The molecule has 1 aromatic carbocycles. The number of nitriles is 2. The van der Waals surface area contributed by atoms with Gasteiger partial charge in [-0.2, -0.15) is 10.5 Å². The molecular formula is C12H8N6O. The van der Waals surface area contributed by atoms with E-state index >= 15 is 0 Å². The van der Waals surface area contributed by atoms with E-state index in [2.05, 4.69) is 20.6 Å². The molecule has 0 saturated heterocycles. The highest BCUT2D eigenvalue weighted by Crippen LogP contribution is 2.09. The molecule has 19 heavy (non-hydrogen) atoms. The van der Waals surface area contributed by atoms with Crippen LogP contribution in [-0.2, 0) is 0 Å². The maximum atomic E-state index is 11.6. The predicted octanol–water partition coefficient (Wildman–Crippen LogP) is 1.80. The summed E-state index contributed by atoms with van der Waals surface area (Å²) < 4.78 is 0. The molecule has 0 aliphatic rings. The third kappa shape index (κ3) is 2.87. The Morgan fingerprint density at radius 2 is 1.89 bits per heavy atom. The lowest BCUT2D eigenvalue weighted by Gasteiger charge is -2.04. The van der Waals surface area contributed by atoms with Gasteiger partial charge in [-0.15, -0.1) is 0 Å². The van der Waals surface area contributed by atoms with E-state index < -0.39 is 6.03 Å². The van der Waals surface area contributed by atoms with E-state index in [1.54, 1.807) is 36.4 Å². The molecule has 2 rings (SSSR count). The van der Waals surface area contributed by atoms with Gasteiger partial charge in [0.15, 0.2) is 11.4 Å². The first-order valence-electron chi connectivity index (χ1n) is 5.26. The molecule has 0 fully saturated rings. The molecule has 1 heterocycles. The number of benzene rings is 1. The summed E-state index contributed by atoms with van der Waals surface area (Å²) in [5.41, 5.74) is 0.572. The van der Waals surface area contributed by atoms with Crippen molar-refractivity contribution in [3.05, 3.63) is 41.7 Å². The van der Waals surface area contributed by atoms with Crippen LogP contribution >= 0.6 is 0 Å². The Kier molecular flexibility index (Phi) is 3.41. The smallest absolute Gasteiger partial charge is 0.314 e. The molecule has 7 heteroatoms. The fourth-order valence-electron chi connectivity index (χ4n) is 1.39. The van der Waals surface area contributed by atoms with E-state index in [0.29, 0.717) is 5.69 Å². The normalized spacial score (nSPS) is 9.16. The SMILES string of the molecule is N#Cc1nc(NC(=O)Nc2ccccc2)[nH]c1C#N. The van der Waals surface area contributed by atoms with Crippen LogP contribution in [0.2, 0.25) is 0 Å². The molecule has 3 N–H and O–H groups in total. The van der Waals surface area contributed by atoms with Crippen molar-refractivity contribution in [2.75, 3.05) is 10.6 Å². The highest BCUT2D eigenvalue weighted by Gasteiger charge is 2.11. The van der Waals surface area contributed by atoms with Crippen molar-refractivity contribution < 1.29 is 4.79 Å². The average molecular weight is 252 g/mol. The number of nitrogens with one attached hydrogen (secondary N) is 3. The van der Waals surface area contributed by atoms with Crippen LogP contribution in [-0.4, -0.2) is 16.0 Å². The van der Waals surface area contributed by atoms with Gasteiger partial charge in [-0.1, -0.05) is 18.2 Å². The molecule has 0 atom stereocenters. The quantitative estimate of drug-likeness (QED) is 0.755. The third-order valence-electron chi connectivity index (χ3n) is 2.19. The summed E-state index contributed by atoms with van der Waals surface area (Å²) in [5.74, 6) is 0.0431. The van der Waals surface area contributed by atoms with Gasteiger partial charge in [-0.3, -0.25) is 5.32 Å². The summed E-state index contributed by atoms with van der Waals surface area (Å²) in [6, 6.07) is 11.9. The second-order valence-corrected chi connectivity index (χ2v) is 3.48. The van der Waals surface area contributed by atoms with E-state index in [1.807, 2.05) is 6.07 Å². The molecule has 92 valence electrons. The number of carbonyl (C=O) groups is 1. The van der Waals surface area contributed by atoms with Gasteiger partial charge in [0.25, 0.3) is 0 Å². The lowest BCUT2D eigenvalue weighted by Crippen LogP contribution is -2.20. The number of H-pyrrole nitrogens is 1. The van der Waals surface area contributed by atoms with Crippen molar-refractivity contribution in [2.45, 2.75) is 0 Å². The molecule has 0 aliphatic carbocycles. The van der Waals surface area contributed by atoms with Gasteiger partial charge in [-0.25, -0.2) is 9.78 Å². The monoisotopic (exact) mass is 252 g/mol. The number of hydrogen-bond donors (Lipinski definition) is 3. The summed E-state index contributed by atoms with van der Waals surface area (Å²) in [6.45, 7) is 0. The van der Waals surface area contributed by atoms with Gasteiger partial charge in [-0.05, 0) is 12.1 Å². The number of nitrogens with zero attached hydrogens (tertiary/aromatic N) is 3. The van der Waals surface area contributed by atoms with E-state index in [0.717, 1.165) is 0 Å². The summed E-state index contributed by atoms with van der Waals surface area (Å²) >= 11 is 0. The Morgan fingerprint density at radius 1 is 1.16 bits per heavy atom. The average Bonchev–Trinajstić information content (AvgIpc) is 2.81. The maximum absolute atomic E-state index is 11.6. The van der Waals surface area contributed by atoms with Crippen LogP contribution in [0.1, 0.15) is 11.4 Å². The molecule has 0 aliphatic heterocycles. The Balaban J connectivity index is 2.06. The van der Waals surface area contributed by atoms with Crippen LogP contribution < -0.4 is 10.6 Å². The first-order chi connectivity index (χ1) is 9.22. The van der Waals surface area contributed by atoms with Crippen LogP contribution in [0.25, 0.3) is 0 Å². The number of imidazole rings is 1. The number of aromatic amines is 1. The Morgan fingerprint density at radius 3 is 2.47 bits per heavy atom. The zero-order chi connectivity index (χ0) is 13.7. The summed E-state index contributed by atoms with van der Waals surface area (Å²) in [6.07, 6.45) is 0. The van der Waals surface area contributed by atoms with Crippen molar-refractivity contribution in [3.63, 3.8) is 0 Å². The van der Waals surface area contributed by atoms with Gasteiger partial charge in [0.05, 0.1) is 0 Å². The largest absolute Gasteiger partial charge is 0.326 e. The molecule has 2 amide bonds. The highest BCUT2D eigenvalue weighted by molar-refractivity contribution is 5.98. The number of anilines is 2. The minimum atomic E-state index is -0.520. The Labute approximate surface area is 108 Å². The number of aromatic nitrogens is 2. The molecule has 0 saturated carbocycles. The van der Waals surface area contributed by atoms with Gasteiger partial charge in [0, 0.05) is 5.69 Å². The second-order valence-electron chi connectivity index (χ2n) is 3.48. The van der Waals surface area contributed by atoms with E-state index in [4.69, 9.17) is 10.5 Å². The van der Waals surface area contributed by atoms with Crippen molar-refractivity contribution in [2.24, 2.45) is 0 Å². The third-order valence-corrected chi connectivity index (χ3v) is 2.19. The van der Waals surface area contributed by atoms with E-state index in [9.17, 15) is 4.79 Å². The Bertz CT molecular complexity index is 645. The van der Waals surface area contributed by atoms with Crippen LogP contribution in [0, 0.1) is 22.7 Å². The zero-order valence-electron chi connectivity index (χ0n) is 9.64. The van der Waals surface area contributed by atoms with Crippen LogP contribution in [0.15, 0.2) is 30.3 Å². The van der Waals surface area contributed by atoms with Crippen molar-refractivity contribution >= 4 is 17.7 Å². The van der Waals surface area contributed by atoms with Gasteiger partial charge in [0.1, 0.15) is 12.1 Å². The van der Waals surface area contributed by atoms with Gasteiger partial charge >= 0.3 is 6.03 Å². The standard InChI is InChI=1S/C12H8N6O/c13-6-9-10(7-14)17-11(16-9)18-12(19)15-8-4-2-1-3-5-8/h1-5H,(H3,15,16,17,18,19). The van der Waals surface area contributed by atoms with Crippen molar-refractivity contribution in [1.82, 2.24) is 9.97 Å². The molecule has 2 aromatic rings. The summed E-state index contributed by atoms with van der Waals surface area (Å²) in [5, 5.41) is 22.4. The number of urea groups is 1. The lowest BCUT2D eigenvalue weighted by molar-refractivity contribution is 0.262. The topological polar surface area (TPSA) is 117 Å². The molecule has 7 nitrogen and oxygen atoms in total. The number of carbonyl (C=O) groups excluding carboxylic acids is 1. The Hall–Kier alpha value is -3.32. The molecule has 0 spiro atoms. The fraction of sp³-hybridized carbons (Fsp3) is 0. The summed E-state index contributed by atoms with van der Waals surface area (Å²) in [7, 11) is 0. The lowest BCUT2D eigenvalue weighted by atomic mass is 10.3. The second kappa shape index (κ2) is 5.34. The molecule has 0 unspecified atom stereocenters. The van der Waals surface area contributed by atoms with Crippen molar-refractivity contribution in [3.8, 4) is 12.1 Å². The number of para-hydroxylation sites is 1. The minimum absolute atomic E-state index is 0.0116. The van der Waals surface area contributed by atoms with Crippen LogP contribution in [0.5, 0.6) is 0 Å². The maximum Gasteiger partial charge on any atom is 0.326 e. The number of amides is 2. The number of rotatable bonds is 2. The first kappa shape index (κ1) is 12.1. The molecule has 0 radical (unpaired) electrons. The zero-order valence-corrected chi connectivity index (χ0v) is 9.64. The van der Waals surface area contributed by atoms with Gasteiger partial charge < -0.3 is 10.3 Å². The molecular weight excluding hydrogens is 244 g/mol. The fourth-order valence-corrected chi connectivity index (χ4v) is 1.39. The number of hydrogen-bond acceptors (Lipinski definition) is 4. The summed E-state index contributed by atoms with van der Waals surface area (Å²) in [4.78, 5) is 17.9. The first-order valence-corrected chi connectivity index (χ1v) is 5.26. The molecule has 1 aromatic heterocycles. The van der Waals surface area contributed by atoms with Gasteiger partial charge in [0.2, 0.25) is 5.95 Å². The van der Waals surface area contributed by atoms with Crippen LogP contribution in [0.4, 0.5) is 16.4 Å². The van der Waals surface area contributed by atoms with E-state index in [1.165, 1.54) is 0 Å². The predicted molar refractivity (Wildman–Crippen MR) is 67.1 cm³/mol. The van der Waals surface area contributed by atoms with Crippen molar-refractivity contribution in [1.29, 1.82) is 10.5 Å².